The zero-order chi connectivity index (χ0) is 11.8. The largest absolute Gasteiger partial charge is 0.490 e. The van der Waals surface area contributed by atoms with E-state index in [0.29, 0.717) is 5.75 Å². The van der Waals surface area contributed by atoms with Crippen LogP contribution >= 0.6 is 15.9 Å². The molecule has 0 radical (unpaired) electrons. The van der Waals surface area contributed by atoms with Gasteiger partial charge in [-0.1, -0.05) is 13.0 Å². The van der Waals surface area contributed by atoms with Crippen LogP contribution < -0.4 is 10.1 Å². The Morgan fingerprint density at radius 3 is 2.88 bits per heavy atom. The third kappa shape index (κ3) is 4.49. The average molecular weight is 290 g/mol. The quantitative estimate of drug-likeness (QED) is 0.778. The predicted molar refractivity (Wildman–Crippen MR) is 67.6 cm³/mol. The molecule has 90 valence electrons. The number of hydrogen-bond acceptors (Lipinski definition) is 2. The van der Waals surface area contributed by atoms with Gasteiger partial charge in [0, 0.05) is 6.54 Å². The summed E-state index contributed by atoms with van der Waals surface area (Å²) in [6, 6.07) is 5.85. The van der Waals surface area contributed by atoms with E-state index < -0.39 is 6.67 Å². The minimum absolute atomic E-state index is 0.103. The zero-order valence-electron chi connectivity index (χ0n) is 9.43. The molecule has 1 N–H and O–H groups in total. The second-order valence-electron chi connectivity index (χ2n) is 3.48. The van der Waals surface area contributed by atoms with Crippen molar-refractivity contribution in [1.82, 2.24) is 5.32 Å². The van der Waals surface area contributed by atoms with Gasteiger partial charge < -0.3 is 10.1 Å². The highest BCUT2D eigenvalue weighted by Crippen LogP contribution is 2.25. The Morgan fingerprint density at radius 2 is 2.25 bits per heavy atom. The molecule has 2 nitrogen and oxygen atoms in total. The first-order valence-corrected chi connectivity index (χ1v) is 6.25. The number of alkyl halides is 1. The molecule has 0 aromatic heterocycles. The fourth-order valence-electron chi connectivity index (χ4n) is 1.33. The lowest BCUT2D eigenvalue weighted by atomic mass is 10.2. The summed E-state index contributed by atoms with van der Waals surface area (Å²) < 4.78 is 18.0. The summed E-state index contributed by atoms with van der Waals surface area (Å²) in [5, 5.41) is 3.32. The van der Waals surface area contributed by atoms with E-state index >= 15 is 0 Å². The van der Waals surface area contributed by atoms with Gasteiger partial charge in [0.25, 0.3) is 0 Å². The third-order valence-electron chi connectivity index (χ3n) is 2.09. The van der Waals surface area contributed by atoms with Gasteiger partial charge in [0.2, 0.25) is 0 Å². The van der Waals surface area contributed by atoms with Crippen LogP contribution in [-0.2, 0) is 6.54 Å². The van der Waals surface area contributed by atoms with E-state index in [1.165, 1.54) is 5.56 Å². The van der Waals surface area contributed by atoms with Crippen molar-refractivity contribution in [2.24, 2.45) is 0 Å². The summed E-state index contributed by atoms with van der Waals surface area (Å²) in [5.74, 6) is 0.692. The van der Waals surface area contributed by atoms with Crippen molar-refractivity contribution in [3.05, 3.63) is 28.2 Å². The van der Waals surface area contributed by atoms with E-state index in [2.05, 4.69) is 28.2 Å². The van der Waals surface area contributed by atoms with Crippen LogP contribution in [0.15, 0.2) is 22.7 Å². The number of halogens is 2. The van der Waals surface area contributed by atoms with Crippen molar-refractivity contribution in [3.8, 4) is 5.75 Å². The molecule has 4 heteroatoms. The Labute approximate surface area is 104 Å². The smallest absolute Gasteiger partial charge is 0.133 e. The lowest BCUT2D eigenvalue weighted by Crippen LogP contribution is -2.13. The topological polar surface area (TPSA) is 21.3 Å². The van der Waals surface area contributed by atoms with Crippen molar-refractivity contribution in [2.45, 2.75) is 19.9 Å². The van der Waals surface area contributed by atoms with E-state index in [9.17, 15) is 4.39 Å². The molecule has 16 heavy (non-hydrogen) atoms. The van der Waals surface area contributed by atoms with Crippen LogP contribution in [0.4, 0.5) is 4.39 Å². The van der Waals surface area contributed by atoms with Gasteiger partial charge in [-0.2, -0.15) is 0 Å². The van der Waals surface area contributed by atoms with Crippen LogP contribution in [-0.4, -0.2) is 19.8 Å². The highest BCUT2D eigenvalue weighted by Gasteiger charge is 2.02. The van der Waals surface area contributed by atoms with Gasteiger partial charge in [-0.15, -0.1) is 0 Å². The Bertz CT molecular complexity index is 320. The summed E-state index contributed by atoms with van der Waals surface area (Å²) in [6.45, 7) is 3.63. The summed E-state index contributed by atoms with van der Waals surface area (Å²) in [5.41, 5.74) is 1.19. The standard InChI is InChI=1S/C12H17BrFNO/c1-2-6-15-9-10-3-4-12(11(13)8-10)16-7-5-14/h3-4,8,15H,2,5-7,9H2,1H3. The minimum atomic E-state index is -0.466. The van der Waals surface area contributed by atoms with Gasteiger partial charge in [0.1, 0.15) is 19.0 Å². The normalized spacial score (nSPS) is 10.4. The first-order valence-electron chi connectivity index (χ1n) is 5.45. The van der Waals surface area contributed by atoms with Crippen molar-refractivity contribution in [2.75, 3.05) is 19.8 Å². The van der Waals surface area contributed by atoms with Crippen molar-refractivity contribution in [3.63, 3.8) is 0 Å². The second-order valence-corrected chi connectivity index (χ2v) is 4.33. The Hall–Kier alpha value is -0.610. The number of benzene rings is 1. The fraction of sp³-hybridized carbons (Fsp3) is 0.500. The fourth-order valence-corrected chi connectivity index (χ4v) is 1.87. The second kappa shape index (κ2) is 7.63. The van der Waals surface area contributed by atoms with Crippen molar-refractivity contribution >= 4 is 15.9 Å². The van der Waals surface area contributed by atoms with E-state index in [0.717, 1.165) is 24.0 Å². The molecule has 0 saturated heterocycles. The van der Waals surface area contributed by atoms with Crippen LogP contribution in [0.2, 0.25) is 0 Å². The number of nitrogens with one attached hydrogen (secondary N) is 1. The van der Waals surface area contributed by atoms with Crippen LogP contribution in [0, 0.1) is 0 Å². The van der Waals surface area contributed by atoms with Gasteiger partial charge in [0.05, 0.1) is 4.47 Å². The molecule has 1 rings (SSSR count). The number of rotatable bonds is 7. The maximum Gasteiger partial charge on any atom is 0.133 e. The molecule has 0 unspecified atom stereocenters. The van der Waals surface area contributed by atoms with Crippen LogP contribution in [0.1, 0.15) is 18.9 Å². The molecule has 0 heterocycles. The van der Waals surface area contributed by atoms with Crippen molar-refractivity contribution in [1.29, 1.82) is 0 Å². The van der Waals surface area contributed by atoms with E-state index in [1.54, 1.807) is 0 Å². The molecular weight excluding hydrogens is 273 g/mol. The van der Waals surface area contributed by atoms with E-state index in [1.807, 2.05) is 18.2 Å². The SMILES string of the molecule is CCCNCc1ccc(OCCF)c(Br)c1. The van der Waals surface area contributed by atoms with Gasteiger partial charge in [-0.25, -0.2) is 4.39 Å². The first-order chi connectivity index (χ1) is 7.77. The van der Waals surface area contributed by atoms with Gasteiger partial charge >= 0.3 is 0 Å². The molecular formula is C12H17BrFNO. The minimum Gasteiger partial charge on any atom is -0.490 e. The van der Waals surface area contributed by atoms with Crippen LogP contribution in [0.25, 0.3) is 0 Å². The lowest BCUT2D eigenvalue weighted by molar-refractivity contribution is 0.272. The number of hydrogen-bond donors (Lipinski definition) is 1. The van der Waals surface area contributed by atoms with Crippen LogP contribution in [0.3, 0.4) is 0 Å². The molecule has 0 aliphatic rings. The predicted octanol–water partition coefficient (Wildman–Crippen LogP) is 3.30. The summed E-state index contributed by atoms with van der Waals surface area (Å²) in [6.07, 6.45) is 1.12. The highest BCUT2D eigenvalue weighted by molar-refractivity contribution is 9.10. The lowest BCUT2D eigenvalue weighted by Gasteiger charge is -2.08. The maximum absolute atomic E-state index is 11.9. The maximum atomic E-state index is 11.9. The average Bonchev–Trinajstić information content (AvgIpc) is 2.28. The molecule has 0 aliphatic heterocycles. The van der Waals surface area contributed by atoms with Crippen molar-refractivity contribution < 1.29 is 9.13 Å². The van der Waals surface area contributed by atoms with Gasteiger partial charge in [-0.05, 0) is 46.6 Å². The molecule has 0 spiro atoms. The summed E-state index contributed by atoms with van der Waals surface area (Å²) in [4.78, 5) is 0. The highest BCUT2D eigenvalue weighted by atomic mass is 79.9. The molecule has 0 aliphatic carbocycles. The molecule has 0 amide bonds. The summed E-state index contributed by atoms with van der Waals surface area (Å²) >= 11 is 3.41. The Morgan fingerprint density at radius 1 is 1.44 bits per heavy atom. The molecule has 0 saturated carbocycles. The number of ether oxygens (including phenoxy) is 1. The first kappa shape index (κ1) is 13.5. The molecule has 1 aromatic rings. The molecule has 0 fully saturated rings. The molecule has 0 bridgehead atoms. The molecule has 0 atom stereocenters. The third-order valence-corrected chi connectivity index (χ3v) is 2.71. The monoisotopic (exact) mass is 289 g/mol. The van der Waals surface area contributed by atoms with E-state index in [4.69, 9.17) is 4.74 Å². The van der Waals surface area contributed by atoms with E-state index in [-0.39, 0.29) is 6.61 Å². The Balaban J connectivity index is 2.53. The van der Waals surface area contributed by atoms with Gasteiger partial charge in [0.15, 0.2) is 0 Å². The zero-order valence-corrected chi connectivity index (χ0v) is 11.0. The Kier molecular flexibility index (Phi) is 6.42. The van der Waals surface area contributed by atoms with Gasteiger partial charge in [-0.3, -0.25) is 0 Å². The van der Waals surface area contributed by atoms with Crippen LogP contribution in [0.5, 0.6) is 5.75 Å². The molecule has 1 aromatic carbocycles. The summed E-state index contributed by atoms with van der Waals surface area (Å²) in [7, 11) is 0.